The van der Waals surface area contributed by atoms with Gasteiger partial charge in [-0.3, -0.25) is 9.69 Å². The van der Waals surface area contributed by atoms with Crippen molar-refractivity contribution in [1.29, 1.82) is 0 Å². The number of amides is 1. The minimum atomic E-state index is -1.06. The average Bonchev–Trinajstić information content (AvgIpc) is 3.20. The van der Waals surface area contributed by atoms with Crippen LogP contribution in [0.25, 0.3) is 5.65 Å². The number of aryl methyl sites for hydroxylation is 1. The van der Waals surface area contributed by atoms with E-state index in [0.29, 0.717) is 28.9 Å². The first-order valence-electron chi connectivity index (χ1n) is 7.73. The van der Waals surface area contributed by atoms with Gasteiger partial charge in [-0.1, -0.05) is 32.4 Å². The fourth-order valence-corrected chi connectivity index (χ4v) is 3.34. The minimum Gasteiger partial charge on any atom is -0.465 e. The second-order valence-corrected chi connectivity index (χ2v) is 7.45. The van der Waals surface area contributed by atoms with E-state index >= 15 is 0 Å². The molecule has 0 saturated heterocycles. The lowest BCUT2D eigenvalue weighted by atomic mass is 9.88. The molecule has 1 fully saturated rings. The summed E-state index contributed by atoms with van der Waals surface area (Å²) in [4.78, 5) is 29.0. The van der Waals surface area contributed by atoms with E-state index in [1.807, 2.05) is 20.8 Å². The minimum absolute atomic E-state index is 0.102. The highest BCUT2D eigenvalue weighted by Crippen LogP contribution is 2.41. The molecule has 0 unspecified atom stereocenters. The topological polar surface area (TPSA) is 87.8 Å². The maximum atomic E-state index is 11.9. The molecule has 0 aliphatic heterocycles. The molecule has 7 nitrogen and oxygen atoms in total. The van der Waals surface area contributed by atoms with Gasteiger partial charge in [0.25, 0.3) is 0 Å². The smallest absolute Gasteiger partial charge is 0.413 e. The van der Waals surface area contributed by atoms with Gasteiger partial charge in [-0.05, 0) is 25.2 Å². The Hall–Kier alpha value is -2.15. The SMILES string of the molecule is Cc1nn2c(N(C(=O)O)C3CC3)c(C(C)(C)C)c(Cl)nc2c1C=O. The fraction of sp³-hybridized carbons (Fsp3) is 0.500. The zero-order chi connectivity index (χ0) is 17.8. The predicted molar refractivity (Wildman–Crippen MR) is 90.3 cm³/mol. The van der Waals surface area contributed by atoms with Gasteiger partial charge in [-0.2, -0.15) is 9.61 Å². The van der Waals surface area contributed by atoms with Gasteiger partial charge in [0.05, 0.1) is 11.3 Å². The number of carbonyl (C=O) groups is 2. The Morgan fingerprint density at radius 3 is 2.50 bits per heavy atom. The van der Waals surface area contributed by atoms with E-state index in [1.165, 1.54) is 9.42 Å². The van der Waals surface area contributed by atoms with Gasteiger partial charge < -0.3 is 5.11 Å². The number of aldehydes is 1. The van der Waals surface area contributed by atoms with Crippen LogP contribution >= 0.6 is 11.6 Å². The molecule has 1 aliphatic carbocycles. The Labute approximate surface area is 144 Å². The second-order valence-electron chi connectivity index (χ2n) is 7.09. The number of carbonyl (C=O) groups excluding carboxylic acids is 1. The van der Waals surface area contributed by atoms with E-state index in [1.54, 1.807) is 6.92 Å². The lowest BCUT2D eigenvalue weighted by Crippen LogP contribution is -2.36. The first-order valence-corrected chi connectivity index (χ1v) is 8.11. The Kier molecular flexibility index (Phi) is 3.79. The van der Waals surface area contributed by atoms with Crippen molar-refractivity contribution in [2.24, 2.45) is 0 Å². The Balaban J connectivity index is 2.45. The van der Waals surface area contributed by atoms with Crippen molar-refractivity contribution in [1.82, 2.24) is 14.6 Å². The second kappa shape index (κ2) is 5.44. The third kappa shape index (κ3) is 2.53. The van der Waals surface area contributed by atoms with Crippen molar-refractivity contribution in [3.63, 3.8) is 0 Å². The van der Waals surface area contributed by atoms with Crippen LogP contribution in [0, 0.1) is 6.92 Å². The standard InChI is InChI=1S/C16H19ClN4O3/c1-8-10(7-22)13-18-12(17)11(16(2,3)4)14(21(13)19-8)20(15(23)24)9-5-6-9/h7,9H,5-6H2,1-4H3,(H,23,24). The molecule has 128 valence electrons. The van der Waals surface area contributed by atoms with Crippen molar-refractivity contribution in [2.75, 3.05) is 4.90 Å². The molecule has 0 aromatic carbocycles. The zero-order valence-corrected chi connectivity index (χ0v) is 14.8. The van der Waals surface area contributed by atoms with Crippen molar-refractivity contribution < 1.29 is 14.7 Å². The van der Waals surface area contributed by atoms with Gasteiger partial charge in [0.15, 0.2) is 11.9 Å². The molecule has 3 rings (SSSR count). The largest absolute Gasteiger partial charge is 0.465 e. The van der Waals surface area contributed by atoms with Gasteiger partial charge in [0, 0.05) is 11.6 Å². The maximum absolute atomic E-state index is 11.9. The van der Waals surface area contributed by atoms with Gasteiger partial charge in [-0.15, -0.1) is 0 Å². The van der Waals surface area contributed by atoms with Crippen LogP contribution in [0.3, 0.4) is 0 Å². The van der Waals surface area contributed by atoms with Crippen LogP contribution in [-0.4, -0.2) is 38.1 Å². The summed E-state index contributed by atoms with van der Waals surface area (Å²) in [6, 6.07) is -0.102. The molecular formula is C16H19ClN4O3. The number of anilines is 1. The number of aromatic nitrogens is 3. The lowest BCUT2D eigenvalue weighted by molar-refractivity contribution is 0.112. The van der Waals surface area contributed by atoms with Gasteiger partial charge in [-0.25, -0.2) is 9.78 Å². The number of fused-ring (bicyclic) bond motifs is 1. The molecule has 0 spiro atoms. The molecule has 2 heterocycles. The van der Waals surface area contributed by atoms with Crippen LogP contribution in [0.2, 0.25) is 5.15 Å². The van der Waals surface area contributed by atoms with E-state index in [9.17, 15) is 14.7 Å². The summed E-state index contributed by atoms with van der Waals surface area (Å²) in [6.07, 6.45) is 1.19. The molecule has 2 aromatic rings. The van der Waals surface area contributed by atoms with Crippen molar-refractivity contribution in [3.8, 4) is 0 Å². The predicted octanol–water partition coefficient (Wildman–Crippen LogP) is 3.45. The van der Waals surface area contributed by atoms with E-state index in [0.717, 1.165) is 12.8 Å². The number of hydrogen-bond acceptors (Lipinski definition) is 4. The molecule has 0 bridgehead atoms. The first kappa shape index (κ1) is 16.7. The summed E-state index contributed by atoms with van der Waals surface area (Å²) in [5.74, 6) is 0.378. The van der Waals surface area contributed by atoms with Gasteiger partial charge in [0.2, 0.25) is 0 Å². The number of nitrogens with zero attached hydrogens (tertiary/aromatic N) is 4. The van der Waals surface area contributed by atoms with Crippen LogP contribution in [0.1, 0.15) is 55.2 Å². The van der Waals surface area contributed by atoms with Crippen molar-refractivity contribution in [2.45, 2.75) is 52.0 Å². The highest BCUT2D eigenvalue weighted by atomic mass is 35.5. The Bertz CT molecular complexity index is 849. The summed E-state index contributed by atoms with van der Waals surface area (Å²) < 4.78 is 1.44. The van der Waals surface area contributed by atoms with Crippen LogP contribution < -0.4 is 4.90 Å². The van der Waals surface area contributed by atoms with Gasteiger partial charge >= 0.3 is 6.09 Å². The van der Waals surface area contributed by atoms with Crippen molar-refractivity contribution >= 4 is 35.4 Å². The fourth-order valence-electron chi connectivity index (χ4n) is 2.89. The molecule has 24 heavy (non-hydrogen) atoms. The third-order valence-electron chi connectivity index (χ3n) is 4.13. The molecule has 2 aromatic heterocycles. The maximum Gasteiger partial charge on any atom is 0.413 e. The summed E-state index contributed by atoms with van der Waals surface area (Å²) >= 11 is 6.42. The number of rotatable bonds is 3. The molecule has 1 aliphatic rings. The zero-order valence-electron chi connectivity index (χ0n) is 14.0. The van der Waals surface area contributed by atoms with Crippen molar-refractivity contribution in [3.05, 3.63) is 22.0 Å². The molecular weight excluding hydrogens is 332 g/mol. The molecule has 1 saturated carbocycles. The van der Waals surface area contributed by atoms with E-state index in [2.05, 4.69) is 10.1 Å². The number of halogens is 1. The Morgan fingerprint density at radius 2 is 2.04 bits per heavy atom. The number of hydrogen-bond donors (Lipinski definition) is 1. The van der Waals surface area contributed by atoms with E-state index in [4.69, 9.17) is 11.6 Å². The van der Waals surface area contributed by atoms with Crippen LogP contribution in [0.4, 0.5) is 10.6 Å². The highest BCUT2D eigenvalue weighted by molar-refractivity contribution is 6.31. The lowest BCUT2D eigenvalue weighted by Gasteiger charge is -2.29. The monoisotopic (exact) mass is 350 g/mol. The first-order chi connectivity index (χ1) is 11.2. The quantitative estimate of drug-likeness (QED) is 0.676. The Morgan fingerprint density at radius 1 is 1.42 bits per heavy atom. The van der Waals surface area contributed by atoms with Crippen LogP contribution in [0.5, 0.6) is 0 Å². The summed E-state index contributed by atoms with van der Waals surface area (Å²) in [6.45, 7) is 7.51. The molecule has 0 atom stereocenters. The molecule has 1 N–H and O–H groups in total. The molecule has 0 radical (unpaired) electrons. The van der Waals surface area contributed by atoms with E-state index in [-0.39, 0.29) is 16.8 Å². The molecule has 1 amide bonds. The third-order valence-corrected chi connectivity index (χ3v) is 4.40. The van der Waals surface area contributed by atoms with Crippen LogP contribution in [0.15, 0.2) is 0 Å². The number of carboxylic acid groups (broad SMARTS) is 1. The summed E-state index contributed by atoms with van der Waals surface area (Å²) in [7, 11) is 0. The van der Waals surface area contributed by atoms with E-state index < -0.39 is 11.5 Å². The molecule has 8 heteroatoms. The average molecular weight is 351 g/mol. The van der Waals surface area contributed by atoms with Crippen LogP contribution in [-0.2, 0) is 5.41 Å². The highest BCUT2D eigenvalue weighted by Gasteiger charge is 2.40. The summed E-state index contributed by atoms with van der Waals surface area (Å²) in [5.41, 5.74) is 1.24. The summed E-state index contributed by atoms with van der Waals surface area (Å²) in [5, 5.41) is 14.3. The normalized spacial score (nSPS) is 14.9. The van der Waals surface area contributed by atoms with Gasteiger partial charge in [0.1, 0.15) is 11.0 Å².